The highest BCUT2D eigenvalue weighted by Crippen LogP contribution is 2.26. The van der Waals surface area contributed by atoms with Gasteiger partial charge in [-0.1, -0.05) is 18.2 Å². The number of aromatic carboxylic acids is 1. The fourth-order valence-corrected chi connectivity index (χ4v) is 1.73. The zero-order valence-corrected chi connectivity index (χ0v) is 10.8. The summed E-state index contributed by atoms with van der Waals surface area (Å²) in [5.74, 6) is -0.529. The minimum absolute atomic E-state index is 0.0207. The molecule has 1 aromatic heterocycles. The molecule has 0 aliphatic rings. The molecule has 0 bridgehead atoms. The molecule has 2 rings (SSSR count). The number of pyridine rings is 1. The van der Waals surface area contributed by atoms with Crippen LogP contribution in [0.4, 0.5) is 17.2 Å². The SMILES string of the molecule is CN(C)c1ccccc1Nc1cccc(C(=O)O)n1. The van der Waals surface area contributed by atoms with Crippen molar-refractivity contribution in [2.75, 3.05) is 24.3 Å². The summed E-state index contributed by atoms with van der Waals surface area (Å²) < 4.78 is 0. The second-order valence-corrected chi connectivity index (χ2v) is 4.25. The van der Waals surface area contributed by atoms with Crippen LogP contribution in [-0.2, 0) is 0 Å². The predicted molar refractivity (Wildman–Crippen MR) is 75.2 cm³/mol. The molecule has 2 N–H and O–H groups in total. The van der Waals surface area contributed by atoms with E-state index in [9.17, 15) is 4.79 Å². The maximum absolute atomic E-state index is 10.9. The number of anilines is 3. The van der Waals surface area contributed by atoms with E-state index in [4.69, 9.17) is 5.11 Å². The van der Waals surface area contributed by atoms with E-state index in [2.05, 4.69) is 10.3 Å². The largest absolute Gasteiger partial charge is 0.477 e. The summed E-state index contributed by atoms with van der Waals surface area (Å²) in [5.41, 5.74) is 1.90. The highest BCUT2D eigenvalue weighted by Gasteiger charge is 2.07. The van der Waals surface area contributed by atoms with E-state index in [0.717, 1.165) is 11.4 Å². The smallest absolute Gasteiger partial charge is 0.354 e. The lowest BCUT2D eigenvalue weighted by Crippen LogP contribution is -2.11. The van der Waals surface area contributed by atoms with Gasteiger partial charge in [0.25, 0.3) is 0 Å². The molecular formula is C14H15N3O2. The Bertz CT molecular complexity index is 597. The normalized spacial score (nSPS) is 10.0. The molecule has 1 heterocycles. The number of nitrogens with one attached hydrogen (secondary N) is 1. The van der Waals surface area contributed by atoms with Crippen LogP contribution < -0.4 is 10.2 Å². The third kappa shape index (κ3) is 3.01. The molecule has 0 spiro atoms. The molecule has 98 valence electrons. The van der Waals surface area contributed by atoms with Crippen LogP contribution in [-0.4, -0.2) is 30.2 Å². The summed E-state index contributed by atoms with van der Waals surface area (Å²) in [5, 5.41) is 12.1. The van der Waals surface area contributed by atoms with Crippen LogP contribution in [0.15, 0.2) is 42.5 Å². The first kappa shape index (κ1) is 12.9. The van der Waals surface area contributed by atoms with E-state index in [1.54, 1.807) is 12.1 Å². The quantitative estimate of drug-likeness (QED) is 0.881. The maximum atomic E-state index is 10.9. The molecule has 2 aromatic rings. The first-order valence-electron chi connectivity index (χ1n) is 5.81. The fourth-order valence-electron chi connectivity index (χ4n) is 1.73. The Hall–Kier alpha value is -2.56. The molecular weight excluding hydrogens is 242 g/mol. The number of para-hydroxylation sites is 2. The van der Waals surface area contributed by atoms with Gasteiger partial charge in [0.15, 0.2) is 5.69 Å². The third-order valence-corrected chi connectivity index (χ3v) is 2.62. The van der Waals surface area contributed by atoms with Crippen molar-refractivity contribution < 1.29 is 9.90 Å². The third-order valence-electron chi connectivity index (χ3n) is 2.62. The summed E-state index contributed by atoms with van der Waals surface area (Å²) >= 11 is 0. The Morgan fingerprint density at radius 2 is 1.89 bits per heavy atom. The van der Waals surface area contributed by atoms with E-state index in [1.807, 2.05) is 43.3 Å². The first-order chi connectivity index (χ1) is 9.08. The van der Waals surface area contributed by atoms with Crippen molar-refractivity contribution in [3.05, 3.63) is 48.2 Å². The van der Waals surface area contributed by atoms with Crippen molar-refractivity contribution in [2.45, 2.75) is 0 Å². The highest BCUT2D eigenvalue weighted by molar-refractivity contribution is 5.86. The van der Waals surface area contributed by atoms with E-state index < -0.39 is 5.97 Å². The minimum Gasteiger partial charge on any atom is -0.477 e. The van der Waals surface area contributed by atoms with Crippen molar-refractivity contribution in [2.24, 2.45) is 0 Å². The van der Waals surface area contributed by atoms with Gasteiger partial charge >= 0.3 is 5.97 Å². The Kier molecular flexibility index (Phi) is 3.66. The van der Waals surface area contributed by atoms with E-state index in [-0.39, 0.29) is 5.69 Å². The maximum Gasteiger partial charge on any atom is 0.354 e. The van der Waals surface area contributed by atoms with Crippen molar-refractivity contribution in [1.29, 1.82) is 0 Å². The van der Waals surface area contributed by atoms with Crippen LogP contribution in [0.5, 0.6) is 0 Å². The van der Waals surface area contributed by atoms with Crippen LogP contribution in [0.2, 0.25) is 0 Å². The lowest BCUT2D eigenvalue weighted by Gasteiger charge is -2.18. The molecule has 0 saturated heterocycles. The van der Waals surface area contributed by atoms with Crippen LogP contribution in [0, 0.1) is 0 Å². The predicted octanol–water partition coefficient (Wildman–Crippen LogP) is 2.59. The Balaban J connectivity index is 2.31. The van der Waals surface area contributed by atoms with Gasteiger partial charge in [-0.25, -0.2) is 9.78 Å². The molecule has 0 atom stereocenters. The average Bonchev–Trinajstić information content (AvgIpc) is 2.39. The van der Waals surface area contributed by atoms with Crippen molar-refractivity contribution >= 4 is 23.2 Å². The summed E-state index contributed by atoms with van der Waals surface area (Å²) in [6.07, 6.45) is 0. The molecule has 19 heavy (non-hydrogen) atoms. The van der Waals surface area contributed by atoms with Gasteiger partial charge in [-0.05, 0) is 24.3 Å². The monoisotopic (exact) mass is 257 g/mol. The Morgan fingerprint density at radius 1 is 1.16 bits per heavy atom. The number of aromatic nitrogens is 1. The van der Waals surface area contributed by atoms with Crippen molar-refractivity contribution in [3.63, 3.8) is 0 Å². The van der Waals surface area contributed by atoms with Crippen molar-refractivity contribution in [3.8, 4) is 0 Å². The Labute approximate surface area is 111 Å². The van der Waals surface area contributed by atoms with Gasteiger partial charge in [-0.3, -0.25) is 0 Å². The average molecular weight is 257 g/mol. The zero-order chi connectivity index (χ0) is 13.8. The van der Waals surface area contributed by atoms with Gasteiger partial charge in [0.05, 0.1) is 11.4 Å². The zero-order valence-electron chi connectivity index (χ0n) is 10.8. The number of benzene rings is 1. The van der Waals surface area contributed by atoms with Gasteiger partial charge in [0.2, 0.25) is 0 Å². The number of hydrogen-bond donors (Lipinski definition) is 2. The van der Waals surface area contributed by atoms with Gasteiger partial charge in [-0.15, -0.1) is 0 Å². The lowest BCUT2D eigenvalue weighted by molar-refractivity contribution is 0.0690. The molecule has 5 nitrogen and oxygen atoms in total. The summed E-state index contributed by atoms with van der Waals surface area (Å²) in [4.78, 5) is 16.9. The van der Waals surface area contributed by atoms with Crippen LogP contribution >= 0.6 is 0 Å². The molecule has 0 unspecified atom stereocenters. The van der Waals surface area contributed by atoms with E-state index >= 15 is 0 Å². The summed E-state index contributed by atoms with van der Waals surface area (Å²) in [6.45, 7) is 0. The first-order valence-corrected chi connectivity index (χ1v) is 5.81. The summed E-state index contributed by atoms with van der Waals surface area (Å²) in [7, 11) is 3.89. The van der Waals surface area contributed by atoms with E-state index in [1.165, 1.54) is 6.07 Å². The van der Waals surface area contributed by atoms with Gasteiger partial charge in [-0.2, -0.15) is 0 Å². The topological polar surface area (TPSA) is 65.5 Å². The van der Waals surface area contributed by atoms with Gasteiger partial charge in [0, 0.05) is 14.1 Å². The molecule has 0 radical (unpaired) electrons. The standard InChI is InChI=1S/C14H15N3O2/c1-17(2)12-8-4-3-6-10(12)15-13-9-5-7-11(16-13)14(18)19/h3-9H,1-2H3,(H,15,16)(H,18,19). The molecule has 0 fully saturated rings. The number of hydrogen-bond acceptors (Lipinski definition) is 4. The molecule has 0 aliphatic heterocycles. The second-order valence-electron chi connectivity index (χ2n) is 4.25. The summed E-state index contributed by atoms with van der Waals surface area (Å²) in [6, 6.07) is 12.6. The van der Waals surface area contributed by atoms with Crippen LogP contribution in [0.1, 0.15) is 10.5 Å². The number of carboxylic acid groups (broad SMARTS) is 1. The molecule has 0 saturated carbocycles. The molecule has 0 aliphatic carbocycles. The second kappa shape index (κ2) is 5.39. The fraction of sp³-hybridized carbons (Fsp3) is 0.143. The Morgan fingerprint density at radius 3 is 2.58 bits per heavy atom. The van der Waals surface area contributed by atoms with Crippen LogP contribution in [0.25, 0.3) is 0 Å². The number of rotatable bonds is 4. The molecule has 0 amide bonds. The number of nitrogens with zero attached hydrogens (tertiary/aromatic N) is 2. The van der Waals surface area contributed by atoms with Gasteiger partial charge in [0.1, 0.15) is 5.82 Å². The minimum atomic E-state index is -1.04. The van der Waals surface area contributed by atoms with Crippen molar-refractivity contribution in [1.82, 2.24) is 4.98 Å². The van der Waals surface area contributed by atoms with Crippen LogP contribution in [0.3, 0.4) is 0 Å². The van der Waals surface area contributed by atoms with E-state index in [0.29, 0.717) is 5.82 Å². The number of carboxylic acids is 1. The van der Waals surface area contributed by atoms with Gasteiger partial charge < -0.3 is 15.3 Å². The lowest BCUT2D eigenvalue weighted by atomic mass is 10.2. The number of carbonyl (C=O) groups is 1. The molecule has 5 heteroatoms. The highest BCUT2D eigenvalue weighted by atomic mass is 16.4. The molecule has 1 aromatic carbocycles.